The van der Waals surface area contributed by atoms with Crippen LogP contribution in [0.15, 0.2) is 54.7 Å². The lowest BCUT2D eigenvalue weighted by molar-refractivity contribution is -0.137. The highest BCUT2D eigenvalue weighted by Gasteiger charge is 2.30. The van der Waals surface area contributed by atoms with Gasteiger partial charge >= 0.3 is 6.18 Å². The molecule has 0 spiro atoms. The van der Waals surface area contributed by atoms with Crippen molar-refractivity contribution in [1.29, 1.82) is 0 Å². The predicted octanol–water partition coefficient (Wildman–Crippen LogP) is 6.34. The molecular weight excluding hydrogens is 422 g/mol. The van der Waals surface area contributed by atoms with Gasteiger partial charge in [0.1, 0.15) is 11.6 Å². The third-order valence-corrected chi connectivity index (χ3v) is 5.00. The van der Waals surface area contributed by atoms with E-state index in [0.29, 0.717) is 22.5 Å². The molecule has 0 radical (unpaired) electrons. The fourth-order valence-corrected chi connectivity index (χ4v) is 3.16. The average molecular weight is 445 g/mol. The number of carbonyl (C=O) groups is 1. The van der Waals surface area contributed by atoms with Crippen LogP contribution in [0.2, 0.25) is 0 Å². The van der Waals surface area contributed by atoms with E-state index in [1.807, 2.05) is 13.8 Å². The molecule has 0 aliphatic heterocycles. The number of nitrogens with zero attached hydrogens (tertiary/aromatic N) is 1. The van der Waals surface area contributed by atoms with Gasteiger partial charge in [-0.1, -0.05) is 32.0 Å². The summed E-state index contributed by atoms with van der Waals surface area (Å²) in [4.78, 5) is 17.0. The molecule has 168 valence electrons. The Morgan fingerprint density at radius 1 is 1.06 bits per heavy atom. The highest BCUT2D eigenvalue weighted by molar-refractivity contribution is 5.95. The van der Waals surface area contributed by atoms with E-state index in [0.717, 1.165) is 17.7 Å². The van der Waals surface area contributed by atoms with Crippen molar-refractivity contribution < 1.29 is 22.4 Å². The van der Waals surface area contributed by atoms with Crippen LogP contribution in [-0.2, 0) is 12.7 Å². The van der Waals surface area contributed by atoms with Crippen LogP contribution in [0.4, 0.5) is 29.1 Å². The van der Waals surface area contributed by atoms with Crippen molar-refractivity contribution in [3.05, 3.63) is 88.4 Å². The molecule has 4 nitrogen and oxygen atoms in total. The molecule has 0 aliphatic carbocycles. The van der Waals surface area contributed by atoms with Gasteiger partial charge in [0.15, 0.2) is 0 Å². The summed E-state index contributed by atoms with van der Waals surface area (Å²) in [5.74, 6) is -0.392. The molecule has 0 fully saturated rings. The Balaban J connectivity index is 1.81. The number of aryl methyl sites for hydroxylation is 1. The van der Waals surface area contributed by atoms with Gasteiger partial charge in [0.05, 0.1) is 11.1 Å². The van der Waals surface area contributed by atoms with Gasteiger partial charge in [0.25, 0.3) is 5.91 Å². The highest BCUT2D eigenvalue weighted by atomic mass is 19.4. The van der Waals surface area contributed by atoms with Crippen LogP contribution in [0.5, 0.6) is 0 Å². The van der Waals surface area contributed by atoms with E-state index in [2.05, 4.69) is 15.6 Å². The standard InChI is InChI=1S/C24H23F4N3O/c1-14(2)19-11-22(31-21-10-17(24(26,27)28)7-4-15(21)3)29-13-20(19)23(32)30-12-16-5-8-18(25)9-6-16/h4-11,13-14H,12H2,1-3H3,(H,29,31)(H,30,32). The largest absolute Gasteiger partial charge is 0.416 e. The molecule has 0 unspecified atom stereocenters. The summed E-state index contributed by atoms with van der Waals surface area (Å²) in [6.07, 6.45) is -3.05. The van der Waals surface area contributed by atoms with Crippen LogP contribution in [0, 0.1) is 12.7 Å². The Hall–Kier alpha value is -3.42. The Kier molecular flexibility index (Phi) is 6.81. The number of halogens is 4. The molecule has 0 aliphatic rings. The first kappa shape index (κ1) is 23.2. The minimum absolute atomic E-state index is 0.0345. The summed E-state index contributed by atoms with van der Waals surface area (Å²) >= 11 is 0. The van der Waals surface area contributed by atoms with Gasteiger partial charge < -0.3 is 10.6 Å². The SMILES string of the molecule is Cc1ccc(C(F)(F)F)cc1Nc1cc(C(C)C)c(C(=O)NCc2ccc(F)cc2)cn1. The number of pyridine rings is 1. The van der Waals surface area contributed by atoms with Gasteiger partial charge in [-0.3, -0.25) is 4.79 Å². The molecule has 3 rings (SSSR count). The number of benzene rings is 2. The summed E-state index contributed by atoms with van der Waals surface area (Å²) < 4.78 is 52.2. The third kappa shape index (κ3) is 5.63. The van der Waals surface area contributed by atoms with Gasteiger partial charge in [0.2, 0.25) is 0 Å². The molecule has 8 heteroatoms. The van der Waals surface area contributed by atoms with Crippen molar-refractivity contribution in [2.75, 3.05) is 5.32 Å². The minimum atomic E-state index is -4.45. The number of amides is 1. The highest BCUT2D eigenvalue weighted by Crippen LogP contribution is 2.33. The molecule has 0 saturated heterocycles. The zero-order valence-electron chi connectivity index (χ0n) is 17.8. The normalized spacial score (nSPS) is 11.5. The van der Waals surface area contributed by atoms with Gasteiger partial charge in [-0.05, 0) is 59.9 Å². The van der Waals surface area contributed by atoms with E-state index in [-0.39, 0.29) is 29.9 Å². The van der Waals surface area contributed by atoms with Crippen molar-refractivity contribution >= 4 is 17.4 Å². The number of aromatic nitrogens is 1. The first-order valence-electron chi connectivity index (χ1n) is 10.0. The van der Waals surface area contributed by atoms with Crippen LogP contribution in [0.25, 0.3) is 0 Å². The van der Waals surface area contributed by atoms with Gasteiger partial charge in [0, 0.05) is 18.4 Å². The fraction of sp³-hybridized carbons (Fsp3) is 0.250. The Bertz CT molecular complexity index is 1110. The van der Waals surface area contributed by atoms with Gasteiger partial charge in [-0.2, -0.15) is 13.2 Å². The van der Waals surface area contributed by atoms with E-state index >= 15 is 0 Å². The van der Waals surface area contributed by atoms with Gasteiger partial charge in [-0.15, -0.1) is 0 Å². The molecule has 2 aromatic carbocycles. The second-order valence-corrected chi connectivity index (χ2v) is 7.77. The molecule has 0 bridgehead atoms. The third-order valence-electron chi connectivity index (χ3n) is 5.00. The van der Waals surface area contributed by atoms with Crippen LogP contribution in [0.3, 0.4) is 0 Å². The molecule has 0 saturated carbocycles. The Labute approximate surface area is 183 Å². The van der Waals surface area contributed by atoms with Crippen molar-refractivity contribution in [3.8, 4) is 0 Å². The quantitative estimate of drug-likeness (QED) is 0.435. The lowest BCUT2D eigenvalue weighted by Crippen LogP contribution is -2.24. The van der Waals surface area contributed by atoms with Crippen LogP contribution < -0.4 is 10.6 Å². The number of hydrogen-bond acceptors (Lipinski definition) is 3. The lowest BCUT2D eigenvalue weighted by atomic mass is 9.98. The van der Waals surface area contributed by atoms with Crippen molar-refractivity contribution in [2.45, 2.75) is 39.4 Å². The molecule has 32 heavy (non-hydrogen) atoms. The smallest absolute Gasteiger partial charge is 0.348 e. The van der Waals surface area contributed by atoms with Crippen LogP contribution >= 0.6 is 0 Å². The number of hydrogen-bond donors (Lipinski definition) is 2. The number of anilines is 2. The molecular formula is C24H23F4N3O. The summed E-state index contributed by atoms with van der Waals surface area (Å²) in [5.41, 5.74) is 1.98. The molecule has 1 heterocycles. The number of alkyl halides is 3. The summed E-state index contributed by atoms with van der Waals surface area (Å²) in [5, 5.41) is 5.72. The first-order valence-corrected chi connectivity index (χ1v) is 10.0. The number of rotatable bonds is 6. The van der Waals surface area contributed by atoms with Crippen molar-refractivity contribution in [2.24, 2.45) is 0 Å². The average Bonchev–Trinajstić information content (AvgIpc) is 2.73. The van der Waals surface area contributed by atoms with E-state index in [1.54, 1.807) is 25.1 Å². The van der Waals surface area contributed by atoms with Crippen LogP contribution in [-0.4, -0.2) is 10.9 Å². The lowest BCUT2D eigenvalue weighted by Gasteiger charge is -2.16. The van der Waals surface area contributed by atoms with E-state index in [4.69, 9.17) is 0 Å². The second-order valence-electron chi connectivity index (χ2n) is 7.77. The summed E-state index contributed by atoms with van der Waals surface area (Å²) in [6, 6.07) is 10.9. The minimum Gasteiger partial charge on any atom is -0.348 e. The van der Waals surface area contributed by atoms with Gasteiger partial charge in [-0.25, -0.2) is 9.37 Å². The first-order chi connectivity index (χ1) is 15.0. The molecule has 2 N–H and O–H groups in total. The zero-order valence-corrected chi connectivity index (χ0v) is 17.8. The van der Waals surface area contributed by atoms with E-state index in [9.17, 15) is 22.4 Å². The van der Waals surface area contributed by atoms with Crippen molar-refractivity contribution in [1.82, 2.24) is 10.3 Å². The van der Waals surface area contributed by atoms with E-state index < -0.39 is 11.7 Å². The summed E-state index contributed by atoms with van der Waals surface area (Å²) in [6.45, 7) is 5.74. The molecule has 0 atom stereocenters. The van der Waals surface area contributed by atoms with Crippen LogP contribution in [0.1, 0.15) is 52.4 Å². The Morgan fingerprint density at radius 2 is 1.75 bits per heavy atom. The topological polar surface area (TPSA) is 54.0 Å². The van der Waals surface area contributed by atoms with Crippen molar-refractivity contribution in [3.63, 3.8) is 0 Å². The number of nitrogens with one attached hydrogen (secondary N) is 2. The molecule has 1 amide bonds. The predicted molar refractivity (Wildman–Crippen MR) is 115 cm³/mol. The Morgan fingerprint density at radius 3 is 2.38 bits per heavy atom. The maximum Gasteiger partial charge on any atom is 0.416 e. The molecule has 3 aromatic rings. The maximum absolute atomic E-state index is 13.1. The molecule has 1 aromatic heterocycles. The van der Waals surface area contributed by atoms with E-state index in [1.165, 1.54) is 24.4 Å². The zero-order chi connectivity index (χ0) is 23.5. The monoisotopic (exact) mass is 445 g/mol. The maximum atomic E-state index is 13.1. The summed E-state index contributed by atoms with van der Waals surface area (Å²) in [7, 11) is 0. The fourth-order valence-electron chi connectivity index (χ4n) is 3.16. The number of carbonyl (C=O) groups excluding carboxylic acids is 1. The second kappa shape index (κ2) is 9.38.